The molecule has 0 radical (unpaired) electrons. The fourth-order valence-electron chi connectivity index (χ4n) is 3.19. The number of amides is 3. The summed E-state index contributed by atoms with van der Waals surface area (Å²) in [7, 11) is 0. The summed E-state index contributed by atoms with van der Waals surface area (Å²) in [5.41, 5.74) is 1.70. The van der Waals surface area contributed by atoms with Gasteiger partial charge >= 0.3 is 0 Å². The zero-order chi connectivity index (χ0) is 21.1. The number of carbonyl (C=O) groups is 3. The number of nitrogens with zero attached hydrogens (tertiary/aromatic N) is 1. The van der Waals surface area contributed by atoms with E-state index in [4.69, 9.17) is 0 Å². The van der Waals surface area contributed by atoms with Crippen molar-refractivity contribution in [3.8, 4) is 0 Å². The summed E-state index contributed by atoms with van der Waals surface area (Å²) in [6.07, 6.45) is 0.0915. The zero-order valence-corrected chi connectivity index (χ0v) is 18.2. The third-order valence-corrected chi connectivity index (χ3v) is 6.41. The fraction of sp³-hybridized carbons (Fsp3) is 0.0870. The molecule has 4 rings (SSSR count). The van der Waals surface area contributed by atoms with Gasteiger partial charge in [-0.25, -0.2) is 4.90 Å². The van der Waals surface area contributed by atoms with Crippen molar-refractivity contribution in [3.05, 3.63) is 88.9 Å². The SMILES string of the molecule is O=C(Nc1ccccc1)c1ccccc1S[C@@H]1CC(=O)N(c2ccc(Br)cc2)C1=O. The molecular formula is C23H17BrN2O3S. The number of carbonyl (C=O) groups excluding carboxylic acids is 3. The van der Waals surface area contributed by atoms with Crippen LogP contribution in [0.1, 0.15) is 16.8 Å². The minimum atomic E-state index is -0.577. The molecule has 150 valence electrons. The Labute approximate surface area is 186 Å². The van der Waals surface area contributed by atoms with E-state index in [2.05, 4.69) is 21.2 Å². The molecule has 3 amide bonds. The first-order valence-corrected chi connectivity index (χ1v) is 10.9. The summed E-state index contributed by atoms with van der Waals surface area (Å²) in [5.74, 6) is -0.775. The largest absolute Gasteiger partial charge is 0.322 e. The van der Waals surface area contributed by atoms with E-state index in [1.807, 2.05) is 36.4 Å². The Hall–Kier alpha value is -2.90. The van der Waals surface area contributed by atoms with Crippen LogP contribution in [0.15, 0.2) is 88.2 Å². The number of nitrogens with one attached hydrogen (secondary N) is 1. The van der Waals surface area contributed by atoms with E-state index in [-0.39, 0.29) is 24.1 Å². The molecule has 0 saturated carbocycles. The topological polar surface area (TPSA) is 66.5 Å². The number of halogens is 1. The molecule has 3 aromatic carbocycles. The second-order valence-electron chi connectivity index (χ2n) is 6.67. The molecule has 30 heavy (non-hydrogen) atoms. The molecule has 0 aromatic heterocycles. The average molecular weight is 481 g/mol. The van der Waals surface area contributed by atoms with E-state index in [1.54, 1.807) is 42.5 Å². The number of thioether (sulfide) groups is 1. The van der Waals surface area contributed by atoms with Crippen LogP contribution in [0.2, 0.25) is 0 Å². The van der Waals surface area contributed by atoms with Gasteiger partial charge in [-0.2, -0.15) is 0 Å². The zero-order valence-electron chi connectivity index (χ0n) is 15.7. The van der Waals surface area contributed by atoms with E-state index in [0.29, 0.717) is 21.8 Å². The number of para-hydroxylation sites is 1. The van der Waals surface area contributed by atoms with Crippen LogP contribution in [-0.2, 0) is 9.59 Å². The number of hydrogen-bond donors (Lipinski definition) is 1. The number of hydrogen-bond acceptors (Lipinski definition) is 4. The highest BCUT2D eigenvalue weighted by molar-refractivity contribution is 9.10. The van der Waals surface area contributed by atoms with Crippen LogP contribution >= 0.6 is 27.7 Å². The Kier molecular flexibility index (Phi) is 6.01. The molecule has 1 fully saturated rings. The molecular weight excluding hydrogens is 464 g/mol. The molecule has 0 unspecified atom stereocenters. The van der Waals surface area contributed by atoms with Crippen molar-refractivity contribution in [3.63, 3.8) is 0 Å². The van der Waals surface area contributed by atoms with Gasteiger partial charge in [0.25, 0.3) is 5.91 Å². The lowest BCUT2D eigenvalue weighted by molar-refractivity contribution is -0.121. The highest BCUT2D eigenvalue weighted by atomic mass is 79.9. The first-order chi connectivity index (χ1) is 14.5. The Morgan fingerprint density at radius 3 is 2.33 bits per heavy atom. The number of rotatable bonds is 5. The van der Waals surface area contributed by atoms with Crippen molar-refractivity contribution in [2.24, 2.45) is 0 Å². The molecule has 1 aliphatic heterocycles. The maximum atomic E-state index is 12.9. The van der Waals surface area contributed by atoms with Crippen molar-refractivity contribution in [2.75, 3.05) is 10.2 Å². The summed E-state index contributed by atoms with van der Waals surface area (Å²) in [6.45, 7) is 0. The van der Waals surface area contributed by atoms with Crippen molar-refractivity contribution < 1.29 is 14.4 Å². The van der Waals surface area contributed by atoms with Crippen LogP contribution in [0.25, 0.3) is 0 Å². The second kappa shape index (κ2) is 8.85. The maximum absolute atomic E-state index is 12.9. The Morgan fingerprint density at radius 1 is 0.933 bits per heavy atom. The maximum Gasteiger partial charge on any atom is 0.256 e. The van der Waals surface area contributed by atoms with Gasteiger partial charge in [0.1, 0.15) is 0 Å². The van der Waals surface area contributed by atoms with Crippen LogP contribution in [0.5, 0.6) is 0 Å². The van der Waals surface area contributed by atoms with Gasteiger partial charge in [-0.05, 0) is 48.5 Å². The molecule has 1 heterocycles. The summed E-state index contributed by atoms with van der Waals surface area (Å²) in [5, 5.41) is 2.29. The summed E-state index contributed by atoms with van der Waals surface area (Å²) < 4.78 is 0.870. The molecule has 3 aromatic rings. The highest BCUT2D eigenvalue weighted by Crippen LogP contribution is 2.36. The molecule has 0 aliphatic carbocycles. The lowest BCUT2D eigenvalue weighted by atomic mass is 10.2. The van der Waals surface area contributed by atoms with Crippen LogP contribution in [0.4, 0.5) is 11.4 Å². The van der Waals surface area contributed by atoms with Crippen LogP contribution < -0.4 is 10.2 Å². The standard InChI is InChI=1S/C23H17BrN2O3S/c24-15-10-12-17(13-11-15)26-21(27)14-20(23(26)29)30-19-9-5-4-8-18(19)22(28)25-16-6-2-1-3-7-16/h1-13,20H,14H2,(H,25,28)/t20-/m1/s1. The third-order valence-electron chi connectivity index (χ3n) is 4.62. The Bertz CT molecular complexity index is 1100. The highest BCUT2D eigenvalue weighted by Gasteiger charge is 2.40. The third kappa shape index (κ3) is 4.32. The van der Waals surface area contributed by atoms with E-state index in [9.17, 15) is 14.4 Å². The normalized spacial score (nSPS) is 16.0. The fourth-order valence-corrected chi connectivity index (χ4v) is 4.64. The predicted octanol–water partition coefficient (Wildman–Crippen LogP) is 5.13. The summed E-state index contributed by atoms with van der Waals surface area (Å²) in [6, 6.07) is 23.3. The molecule has 7 heteroatoms. The van der Waals surface area contributed by atoms with Gasteiger partial charge in [0.05, 0.1) is 16.5 Å². The number of benzene rings is 3. The molecule has 0 spiro atoms. The van der Waals surface area contributed by atoms with Gasteiger partial charge in [-0.15, -0.1) is 11.8 Å². The summed E-state index contributed by atoms with van der Waals surface area (Å²) >= 11 is 4.60. The van der Waals surface area contributed by atoms with Crippen LogP contribution in [0.3, 0.4) is 0 Å². The Morgan fingerprint density at radius 2 is 1.60 bits per heavy atom. The average Bonchev–Trinajstić information content (AvgIpc) is 3.03. The van der Waals surface area contributed by atoms with Gasteiger partial charge in [-0.3, -0.25) is 14.4 Å². The monoisotopic (exact) mass is 480 g/mol. The molecule has 1 saturated heterocycles. The van der Waals surface area contributed by atoms with E-state index >= 15 is 0 Å². The van der Waals surface area contributed by atoms with Crippen molar-refractivity contribution in [2.45, 2.75) is 16.6 Å². The van der Waals surface area contributed by atoms with Gasteiger partial charge < -0.3 is 5.32 Å². The number of anilines is 2. The van der Waals surface area contributed by atoms with Crippen LogP contribution in [0, 0.1) is 0 Å². The molecule has 1 N–H and O–H groups in total. The lowest BCUT2D eigenvalue weighted by Gasteiger charge is -2.16. The van der Waals surface area contributed by atoms with Crippen molar-refractivity contribution in [1.29, 1.82) is 0 Å². The van der Waals surface area contributed by atoms with Crippen LogP contribution in [-0.4, -0.2) is 23.0 Å². The molecule has 1 atom stereocenters. The quantitative estimate of drug-likeness (QED) is 0.514. The predicted molar refractivity (Wildman–Crippen MR) is 122 cm³/mol. The van der Waals surface area contributed by atoms with Crippen molar-refractivity contribution >= 4 is 56.8 Å². The minimum Gasteiger partial charge on any atom is -0.322 e. The first-order valence-electron chi connectivity index (χ1n) is 9.27. The van der Waals surface area contributed by atoms with Gasteiger partial charge in [0, 0.05) is 21.5 Å². The van der Waals surface area contributed by atoms with E-state index in [1.165, 1.54) is 16.7 Å². The molecule has 1 aliphatic rings. The first kappa shape index (κ1) is 20.4. The van der Waals surface area contributed by atoms with Gasteiger partial charge in [0.2, 0.25) is 11.8 Å². The van der Waals surface area contributed by atoms with E-state index < -0.39 is 5.25 Å². The van der Waals surface area contributed by atoms with Crippen molar-refractivity contribution in [1.82, 2.24) is 0 Å². The van der Waals surface area contributed by atoms with Gasteiger partial charge in [-0.1, -0.05) is 46.3 Å². The van der Waals surface area contributed by atoms with Gasteiger partial charge in [0.15, 0.2) is 0 Å². The second-order valence-corrected chi connectivity index (χ2v) is 8.83. The smallest absolute Gasteiger partial charge is 0.256 e. The minimum absolute atomic E-state index is 0.0915. The molecule has 0 bridgehead atoms. The lowest BCUT2D eigenvalue weighted by Crippen LogP contribution is -2.31. The Balaban J connectivity index is 1.53. The van der Waals surface area contributed by atoms with E-state index in [0.717, 1.165) is 4.47 Å². The number of imide groups is 1. The summed E-state index contributed by atoms with van der Waals surface area (Å²) in [4.78, 5) is 40.1. The molecule has 5 nitrogen and oxygen atoms in total.